The number of sulfonamides is 1. The van der Waals surface area contributed by atoms with Gasteiger partial charge < -0.3 is 5.11 Å². The van der Waals surface area contributed by atoms with Gasteiger partial charge in [-0.05, 0) is 81.5 Å². The van der Waals surface area contributed by atoms with Crippen LogP contribution < -0.4 is 0 Å². The smallest absolute Gasteiger partial charge is 0.421 e. The van der Waals surface area contributed by atoms with Gasteiger partial charge in [-0.15, -0.1) is 0 Å². The molecule has 8 nitrogen and oxygen atoms in total. The minimum Gasteiger partial charge on any atom is -0.464 e. The zero-order chi connectivity index (χ0) is 29.9. The van der Waals surface area contributed by atoms with Crippen LogP contribution in [0.4, 0.5) is 4.79 Å². The summed E-state index contributed by atoms with van der Waals surface area (Å²) in [4.78, 5) is 21.5. The first-order chi connectivity index (χ1) is 20.1. The van der Waals surface area contributed by atoms with Crippen molar-refractivity contribution in [3.05, 3.63) is 119 Å². The summed E-state index contributed by atoms with van der Waals surface area (Å²) in [6.07, 6.45) is 1.42. The van der Waals surface area contributed by atoms with Crippen molar-refractivity contribution in [1.82, 2.24) is 18.8 Å². The Balaban J connectivity index is 1.38. The summed E-state index contributed by atoms with van der Waals surface area (Å²) < 4.78 is 28.8. The molecule has 0 bridgehead atoms. The highest BCUT2D eigenvalue weighted by Crippen LogP contribution is 2.26. The standard InChI is InChI=1S/C33H34N4O4S/c1-23-12-18-29(19-13-23)42(40,41)36(33(38)39)21-20-27-14-16-28(17-15-27)37-30-22-24(2)34-25(3)32(30)35-31(37)11-7-10-26-8-5-4-6-9-26/h4-6,8-9,12-19,22H,7,10-11,20-21H2,1-3H3,(H,38,39). The summed E-state index contributed by atoms with van der Waals surface area (Å²) in [6.45, 7) is 5.60. The fourth-order valence-corrected chi connectivity index (χ4v) is 6.45. The number of carboxylic acid groups (broad SMARTS) is 1. The van der Waals surface area contributed by atoms with E-state index >= 15 is 0 Å². The molecule has 42 heavy (non-hydrogen) atoms. The molecule has 2 aromatic heterocycles. The highest BCUT2D eigenvalue weighted by atomic mass is 32.2. The van der Waals surface area contributed by atoms with Crippen LogP contribution in [0.1, 0.15) is 40.3 Å². The molecule has 0 aliphatic heterocycles. The molecule has 9 heteroatoms. The fraction of sp³-hybridized carbons (Fsp3) is 0.242. The second kappa shape index (κ2) is 12.2. The highest BCUT2D eigenvalue weighted by molar-refractivity contribution is 7.89. The summed E-state index contributed by atoms with van der Waals surface area (Å²) in [7, 11) is -4.18. The van der Waals surface area contributed by atoms with Crippen molar-refractivity contribution < 1.29 is 18.3 Å². The molecule has 5 aromatic rings. The Morgan fingerprint density at radius 2 is 1.50 bits per heavy atom. The Morgan fingerprint density at radius 1 is 0.833 bits per heavy atom. The van der Waals surface area contributed by atoms with E-state index < -0.39 is 16.1 Å². The number of rotatable bonds is 10. The van der Waals surface area contributed by atoms with Crippen molar-refractivity contribution in [2.75, 3.05) is 6.54 Å². The Hall–Kier alpha value is -4.50. The van der Waals surface area contributed by atoms with Gasteiger partial charge in [0.25, 0.3) is 10.0 Å². The van der Waals surface area contributed by atoms with Gasteiger partial charge in [-0.1, -0.05) is 60.2 Å². The number of carbonyl (C=O) groups is 1. The van der Waals surface area contributed by atoms with Crippen molar-refractivity contribution in [2.24, 2.45) is 0 Å². The molecule has 0 radical (unpaired) electrons. The van der Waals surface area contributed by atoms with Gasteiger partial charge >= 0.3 is 6.09 Å². The van der Waals surface area contributed by atoms with Gasteiger partial charge in [0.2, 0.25) is 0 Å². The van der Waals surface area contributed by atoms with E-state index in [0.29, 0.717) is 4.31 Å². The summed E-state index contributed by atoms with van der Waals surface area (Å²) in [5.74, 6) is 0.949. The minimum absolute atomic E-state index is 0.0438. The lowest BCUT2D eigenvalue weighted by Gasteiger charge is -2.19. The lowest BCUT2D eigenvalue weighted by Crippen LogP contribution is -2.37. The van der Waals surface area contributed by atoms with Crippen LogP contribution in [0.5, 0.6) is 0 Å². The molecular weight excluding hydrogens is 548 g/mol. The van der Waals surface area contributed by atoms with Crippen molar-refractivity contribution in [3.8, 4) is 5.69 Å². The predicted molar refractivity (Wildman–Crippen MR) is 164 cm³/mol. The SMILES string of the molecule is Cc1ccc(S(=O)(=O)N(CCc2ccc(-n3c(CCCc4ccccc4)nc4c(C)nc(C)cc43)cc2)C(=O)O)cc1. The molecule has 1 N–H and O–H groups in total. The second-order valence-corrected chi connectivity index (χ2v) is 12.4. The van der Waals surface area contributed by atoms with E-state index in [1.807, 2.05) is 57.2 Å². The highest BCUT2D eigenvalue weighted by Gasteiger charge is 2.28. The fourth-order valence-electron chi connectivity index (χ4n) is 5.18. The van der Waals surface area contributed by atoms with Gasteiger partial charge in [-0.3, -0.25) is 9.55 Å². The molecule has 0 aliphatic rings. The van der Waals surface area contributed by atoms with Gasteiger partial charge in [0.1, 0.15) is 11.3 Å². The number of hydrogen-bond acceptors (Lipinski definition) is 5. The molecule has 0 unspecified atom stereocenters. The average Bonchev–Trinajstić information content (AvgIpc) is 3.32. The van der Waals surface area contributed by atoms with Crippen LogP contribution in [-0.2, 0) is 29.3 Å². The van der Waals surface area contributed by atoms with E-state index in [1.54, 1.807) is 12.1 Å². The van der Waals surface area contributed by atoms with Crippen molar-refractivity contribution >= 4 is 27.1 Å². The molecule has 5 rings (SSSR count). The first kappa shape index (κ1) is 29.0. The number of pyridine rings is 1. The molecule has 1 amide bonds. The first-order valence-electron chi connectivity index (χ1n) is 13.9. The van der Waals surface area contributed by atoms with Crippen molar-refractivity contribution in [2.45, 2.75) is 51.3 Å². The van der Waals surface area contributed by atoms with Gasteiger partial charge in [-0.2, -0.15) is 0 Å². The number of benzene rings is 3. The maximum absolute atomic E-state index is 13.0. The van der Waals surface area contributed by atoms with Crippen molar-refractivity contribution in [3.63, 3.8) is 0 Å². The van der Waals surface area contributed by atoms with E-state index in [0.717, 1.165) is 64.3 Å². The maximum Gasteiger partial charge on any atom is 0.421 e. The van der Waals surface area contributed by atoms with Gasteiger partial charge in [0.05, 0.1) is 16.1 Å². The Kier molecular flexibility index (Phi) is 8.40. The molecule has 0 atom stereocenters. The van der Waals surface area contributed by atoms with E-state index in [2.05, 4.69) is 33.8 Å². The van der Waals surface area contributed by atoms with Crippen LogP contribution in [0.2, 0.25) is 0 Å². The van der Waals surface area contributed by atoms with Crippen molar-refractivity contribution in [1.29, 1.82) is 0 Å². The number of aryl methyl sites for hydroxylation is 5. The summed E-state index contributed by atoms with van der Waals surface area (Å²) in [5.41, 5.74) is 7.60. The number of fused-ring (bicyclic) bond motifs is 1. The van der Waals surface area contributed by atoms with Crippen LogP contribution in [0, 0.1) is 20.8 Å². The molecule has 0 spiro atoms. The van der Waals surface area contributed by atoms with E-state index in [4.69, 9.17) is 4.98 Å². The van der Waals surface area contributed by atoms with Crippen LogP contribution in [0.3, 0.4) is 0 Å². The largest absolute Gasteiger partial charge is 0.464 e. The lowest BCUT2D eigenvalue weighted by molar-refractivity contribution is 0.172. The van der Waals surface area contributed by atoms with E-state index in [-0.39, 0.29) is 17.9 Å². The topological polar surface area (TPSA) is 105 Å². The summed E-state index contributed by atoms with van der Waals surface area (Å²) in [6, 6.07) is 26.4. The third kappa shape index (κ3) is 6.21. The quantitative estimate of drug-likeness (QED) is 0.203. The van der Waals surface area contributed by atoms with E-state index in [1.165, 1.54) is 17.7 Å². The van der Waals surface area contributed by atoms with Crippen LogP contribution >= 0.6 is 0 Å². The predicted octanol–water partition coefficient (Wildman–Crippen LogP) is 6.43. The molecule has 216 valence electrons. The Bertz CT molecular complexity index is 1810. The normalized spacial score (nSPS) is 11.6. The molecule has 0 aliphatic carbocycles. The zero-order valence-electron chi connectivity index (χ0n) is 24.0. The second-order valence-electron chi connectivity index (χ2n) is 10.5. The van der Waals surface area contributed by atoms with Gasteiger partial charge in [0.15, 0.2) is 0 Å². The third-order valence-corrected chi connectivity index (χ3v) is 9.13. The lowest BCUT2D eigenvalue weighted by atomic mass is 10.1. The van der Waals surface area contributed by atoms with Crippen LogP contribution in [0.15, 0.2) is 89.8 Å². The minimum atomic E-state index is -4.18. The molecule has 0 fully saturated rings. The number of hydrogen-bond donors (Lipinski definition) is 1. The molecule has 0 saturated carbocycles. The monoisotopic (exact) mass is 582 g/mol. The van der Waals surface area contributed by atoms with Crippen LogP contribution in [0.25, 0.3) is 16.7 Å². The van der Waals surface area contributed by atoms with Gasteiger partial charge in [0, 0.05) is 24.3 Å². The summed E-state index contributed by atoms with van der Waals surface area (Å²) >= 11 is 0. The molecule has 3 aromatic carbocycles. The molecular formula is C33H34N4O4S. The number of aromatic nitrogens is 3. The summed E-state index contributed by atoms with van der Waals surface area (Å²) in [5, 5.41) is 9.72. The third-order valence-electron chi connectivity index (χ3n) is 7.34. The zero-order valence-corrected chi connectivity index (χ0v) is 24.8. The van der Waals surface area contributed by atoms with Crippen LogP contribution in [-0.4, -0.2) is 45.0 Å². The average molecular weight is 583 g/mol. The molecule has 0 saturated heterocycles. The number of amides is 1. The molecule has 2 heterocycles. The number of nitrogens with zero attached hydrogens (tertiary/aromatic N) is 4. The van der Waals surface area contributed by atoms with E-state index in [9.17, 15) is 18.3 Å². The Labute approximate surface area is 246 Å². The van der Waals surface area contributed by atoms with Gasteiger partial charge in [-0.25, -0.2) is 22.5 Å². The maximum atomic E-state index is 13.0. The first-order valence-corrected chi connectivity index (χ1v) is 15.4. The Morgan fingerprint density at radius 3 is 2.17 bits per heavy atom. The number of imidazole rings is 1.